The molecule has 2 aliphatic carbocycles. The normalized spacial score (nSPS) is 14.4. The molecule has 0 unspecified atom stereocenters. The van der Waals surface area contributed by atoms with Gasteiger partial charge in [-0.1, -0.05) is 48.1 Å². The summed E-state index contributed by atoms with van der Waals surface area (Å²) in [5.74, 6) is 0. The van der Waals surface area contributed by atoms with E-state index in [4.69, 9.17) is 11.6 Å². The van der Waals surface area contributed by atoms with Crippen molar-refractivity contribution in [3.63, 3.8) is 0 Å². The smallest absolute Gasteiger partial charge is 0.0737 e. The standard InChI is InChI=1S/C18H20ClN3.C5H6.Fe/c1-22(2)12-14-5-3-4-13(14)11-21-17-8-9-20-18-10-15(19)6-7-16(17)18;1-2-4-5-3-1;/h4-10H,3,11-12H2,1-2H3,(H,20,21);1-4H,5H2;. The van der Waals surface area contributed by atoms with Crippen LogP contribution in [-0.4, -0.2) is 37.1 Å². The average molecular weight is 436 g/mol. The maximum absolute atomic E-state index is 6.04. The third-order valence-corrected chi connectivity index (χ3v) is 4.69. The van der Waals surface area contributed by atoms with Gasteiger partial charge in [0.05, 0.1) is 5.52 Å². The number of fused-ring (bicyclic) bond motifs is 1. The fourth-order valence-electron chi connectivity index (χ4n) is 3.16. The summed E-state index contributed by atoms with van der Waals surface area (Å²) in [5, 5.41) is 5.36. The third-order valence-electron chi connectivity index (χ3n) is 4.46. The molecule has 0 fully saturated rings. The van der Waals surface area contributed by atoms with Gasteiger partial charge in [0, 0.05) is 52.5 Å². The molecular weight excluding hydrogens is 410 g/mol. The van der Waals surface area contributed by atoms with Crippen LogP contribution in [0.4, 0.5) is 5.69 Å². The fraction of sp³-hybridized carbons (Fsp3) is 0.261. The molecule has 2 aliphatic rings. The molecule has 0 saturated carbocycles. The number of aromatic nitrogens is 1. The Labute approximate surface area is 183 Å². The van der Waals surface area contributed by atoms with Gasteiger partial charge in [0.1, 0.15) is 0 Å². The van der Waals surface area contributed by atoms with Gasteiger partial charge in [-0.05, 0) is 62.3 Å². The predicted octanol–water partition coefficient (Wildman–Crippen LogP) is 5.62. The number of nitrogens with zero attached hydrogens (tertiary/aromatic N) is 2. The first-order valence-corrected chi connectivity index (χ1v) is 9.64. The van der Waals surface area contributed by atoms with E-state index in [-0.39, 0.29) is 17.1 Å². The van der Waals surface area contributed by atoms with Crippen LogP contribution < -0.4 is 5.32 Å². The minimum Gasteiger partial charge on any atom is -0.380 e. The van der Waals surface area contributed by atoms with Crippen molar-refractivity contribution in [2.24, 2.45) is 0 Å². The summed E-state index contributed by atoms with van der Waals surface area (Å²) in [4.78, 5) is 6.58. The van der Waals surface area contributed by atoms with E-state index in [1.54, 1.807) is 0 Å². The number of likely N-dealkylation sites (N-methyl/N-ethyl adjacent to an activating group) is 1. The monoisotopic (exact) mass is 435 g/mol. The van der Waals surface area contributed by atoms with Crippen molar-refractivity contribution in [3.8, 4) is 0 Å². The molecule has 1 aromatic carbocycles. The molecule has 5 heteroatoms. The Balaban J connectivity index is 0.000000408. The Morgan fingerprint density at radius 3 is 2.46 bits per heavy atom. The van der Waals surface area contributed by atoms with Crippen molar-refractivity contribution >= 4 is 28.2 Å². The minimum atomic E-state index is 0. The van der Waals surface area contributed by atoms with Crippen LogP contribution in [0.1, 0.15) is 12.8 Å². The molecule has 3 nitrogen and oxygen atoms in total. The van der Waals surface area contributed by atoms with Crippen LogP contribution in [0.15, 0.2) is 78.1 Å². The van der Waals surface area contributed by atoms with Crippen LogP contribution in [0.3, 0.4) is 0 Å². The quantitative estimate of drug-likeness (QED) is 0.618. The van der Waals surface area contributed by atoms with Crippen molar-refractivity contribution in [2.45, 2.75) is 12.8 Å². The first kappa shape index (κ1) is 22.4. The first-order chi connectivity index (χ1) is 13.1. The molecule has 28 heavy (non-hydrogen) atoms. The molecule has 0 saturated heterocycles. The topological polar surface area (TPSA) is 28.2 Å². The summed E-state index contributed by atoms with van der Waals surface area (Å²) in [6, 6.07) is 7.84. The van der Waals surface area contributed by atoms with Gasteiger partial charge in [-0.2, -0.15) is 0 Å². The predicted molar refractivity (Wildman–Crippen MR) is 117 cm³/mol. The molecule has 1 aromatic heterocycles. The summed E-state index contributed by atoms with van der Waals surface area (Å²) in [7, 11) is 4.20. The molecule has 0 bridgehead atoms. The number of hydrogen-bond donors (Lipinski definition) is 1. The number of halogens is 1. The molecule has 1 N–H and O–H groups in total. The zero-order valence-electron chi connectivity index (χ0n) is 16.3. The minimum absolute atomic E-state index is 0. The molecule has 1 heterocycles. The van der Waals surface area contributed by atoms with E-state index in [0.717, 1.165) is 42.5 Å². The SMILES string of the molecule is C1=CCC=C1.CN(C)CC1=CCC=C1CNc1ccnc2cc(Cl)ccc12.[Fe]. The van der Waals surface area contributed by atoms with Crippen molar-refractivity contribution in [3.05, 3.63) is 83.1 Å². The van der Waals surface area contributed by atoms with Gasteiger partial charge in [-0.3, -0.25) is 4.98 Å². The van der Waals surface area contributed by atoms with Crippen molar-refractivity contribution < 1.29 is 17.1 Å². The summed E-state index contributed by atoms with van der Waals surface area (Å²) in [6.07, 6.45) is 17.0. The van der Waals surface area contributed by atoms with Gasteiger partial charge in [0.15, 0.2) is 0 Å². The summed E-state index contributed by atoms with van der Waals surface area (Å²) in [5.41, 5.74) is 4.81. The summed E-state index contributed by atoms with van der Waals surface area (Å²) in [6.45, 7) is 1.82. The Hall–Kier alpha value is -1.84. The number of pyridine rings is 1. The number of nitrogens with one attached hydrogen (secondary N) is 1. The largest absolute Gasteiger partial charge is 0.380 e. The zero-order chi connectivity index (χ0) is 19.1. The molecule has 4 rings (SSSR count). The van der Waals surface area contributed by atoms with Gasteiger partial charge >= 0.3 is 0 Å². The Bertz CT molecular complexity index is 903. The number of anilines is 1. The van der Waals surface area contributed by atoms with Crippen LogP contribution in [0.5, 0.6) is 0 Å². The van der Waals surface area contributed by atoms with Crippen molar-refractivity contribution in [2.75, 3.05) is 32.5 Å². The molecule has 0 atom stereocenters. The summed E-state index contributed by atoms with van der Waals surface area (Å²) >= 11 is 6.04. The molecule has 0 aliphatic heterocycles. The van der Waals surface area contributed by atoms with Crippen LogP contribution >= 0.6 is 11.6 Å². The molecule has 148 valence electrons. The van der Waals surface area contributed by atoms with E-state index in [0.29, 0.717) is 5.02 Å². The van der Waals surface area contributed by atoms with Crippen LogP contribution in [0.2, 0.25) is 5.02 Å². The average Bonchev–Trinajstić information content (AvgIpc) is 3.34. The summed E-state index contributed by atoms with van der Waals surface area (Å²) < 4.78 is 0. The van der Waals surface area contributed by atoms with Gasteiger partial charge < -0.3 is 10.2 Å². The van der Waals surface area contributed by atoms with Crippen LogP contribution in [-0.2, 0) is 17.1 Å². The molecule has 2 aromatic rings. The van der Waals surface area contributed by atoms with E-state index in [9.17, 15) is 0 Å². The van der Waals surface area contributed by atoms with E-state index in [2.05, 4.69) is 65.8 Å². The Kier molecular flexibility index (Phi) is 9.00. The van der Waals surface area contributed by atoms with E-state index < -0.39 is 0 Å². The molecule has 0 radical (unpaired) electrons. The number of allylic oxidation sites excluding steroid dienone is 6. The molecular formula is C23H26ClFeN3. The zero-order valence-corrected chi connectivity index (χ0v) is 18.2. The van der Waals surface area contributed by atoms with Gasteiger partial charge in [0.25, 0.3) is 0 Å². The number of rotatable bonds is 5. The van der Waals surface area contributed by atoms with E-state index in [1.807, 2.05) is 30.5 Å². The second-order valence-corrected chi connectivity index (χ2v) is 7.33. The van der Waals surface area contributed by atoms with Gasteiger partial charge in [0.2, 0.25) is 0 Å². The number of hydrogen-bond acceptors (Lipinski definition) is 3. The number of benzene rings is 1. The van der Waals surface area contributed by atoms with E-state index in [1.165, 1.54) is 11.1 Å². The van der Waals surface area contributed by atoms with E-state index >= 15 is 0 Å². The van der Waals surface area contributed by atoms with Gasteiger partial charge in [-0.15, -0.1) is 0 Å². The Morgan fingerprint density at radius 1 is 1.04 bits per heavy atom. The Morgan fingerprint density at radius 2 is 1.79 bits per heavy atom. The van der Waals surface area contributed by atoms with Crippen molar-refractivity contribution in [1.82, 2.24) is 9.88 Å². The second kappa shape index (κ2) is 11.2. The first-order valence-electron chi connectivity index (χ1n) is 9.26. The van der Waals surface area contributed by atoms with Crippen molar-refractivity contribution in [1.29, 1.82) is 0 Å². The molecule has 0 spiro atoms. The maximum atomic E-state index is 6.04. The fourth-order valence-corrected chi connectivity index (χ4v) is 3.32. The third kappa shape index (κ3) is 6.35. The van der Waals surface area contributed by atoms with Crippen LogP contribution in [0, 0.1) is 0 Å². The van der Waals surface area contributed by atoms with Crippen LogP contribution in [0.25, 0.3) is 10.9 Å². The maximum Gasteiger partial charge on any atom is 0.0737 e. The molecule has 0 amide bonds. The second-order valence-electron chi connectivity index (χ2n) is 6.90. The van der Waals surface area contributed by atoms with Gasteiger partial charge in [-0.25, -0.2) is 0 Å².